The maximum absolute atomic E-state index is 15.4. The number of carbonyl (C=O) groups excluding carboxylic acids is 1. The molecule has 0 saturated carbocycles. The van der Waals surface area contributed by atoms with Crippen molar-refractivity contribution < 1.29 is 41.4 Å². The Morgan fingerprint density at radius 3 is 2.56 bits per heavy atom. The highest BCUT2D eigenvalue weighted by Crippen LogP contribution is 2.33. The van der Waals surface area contributed by atoms with E-state index >= 15 is 4.39 Å². The van der Waals surface area contributed by atoms with E-state index in [0.717, 1.165) is 32.4 Å². The van der Waals surface area contributed by atoms with Crippen LogP contribution in [-0.4, -0.2) is 74.1 Å². The molecule has 0 aliphatic carbocycles. The zero-order chi connectivity index (χ0) is 36.1. The maximum atomic E-state index is 15.4. The van der Waals surface area contributed by atoms with Crippen LogP contribution in [0.1, 0.15) is 21.5 Å². The molecule has 2 atom stereocenters. The molecule has 1 fully saturated rings. The van der Waals surface area contributed by atoms with Gasteiger partial charge in [-0.2, -0.15) is 17.6 Å². The predicted molar refractivity (Wildman–Crippen MR) is 170 cm³/mol. The van der Waals surface area contributed by atoms with Gasteiger partial charge in [0.2, 0.25) is 5.95 Å². The lowest BCUT2D eigenvalue weighted by Crippen LogP contribution is -2.53. The molecule has 1 aliphatic heterocycles. The van der Waals surface area contributed by atoms with E-state index in [2.05, 4.69) is 15.3 Å². The third-order valence-corrected chi connectivity index (χ3v) is 8.57. The van der Waals surface area contributed by atoms with Crippen LogP contribution in [-0.2, 0) is 23.0 Å². The number of carboxylic acid groups (broad SMARTS) is 1. The lowest BCUT2D eigenvalue weighted by molar-refractivity contribution is -0.167. The Bertz CT molecular complexity index is 2280. The van der Waals surface area contributed by atoms with Gasteiger partial charge in [0.15, 0.2) is 0 Å². The van der Waals surface area contributed by atoms with Crippen LogP contribution in [0.4, 0.5) is 27.6 Å². The quantitative estimate of drug-likeness (QED) is 0.193. The number of nitrogens with zero attached hydrogens (tertiary/aromatic N) is 5. The number of amides is 1. The molecule has 4 heterocycles. The van der Waals surface area contributed by atoms with Crippen LogP contribution in [0.2, 0.25) is 0 Å². The van der Waals surface area contributed by atoms with E-state index in [4.69, 9.17) is 4.74 Å². The maximum Gasteiger partial charge on any atom is 0.411 e. The summed E-state index contributed by atoms with van der Waals surface area (Å²) in [5, 5.41) is 12.5. The summed E-state index contributed by atoms with van der Waals surface area (Å²) >= 11 is 0. The van der Waals surface area contributed by atoms with Gasteiger partial charge in [0.25, 0.3) is 11.5 Å². The number of benzene rings is 2. The molecule has 0 radical (unpaired) electrons. The van der Waals surface area contributed by atoms with E-state index in [1.54, 1.807) is 6.07 Å². The fraction of sp³-hybridized carbons (Fsp3) is 0.273. The molecule has 3 aromatic heterocycles. The van der Waals surface area contributed by atoms with Crippen molar-refractivity contribution in [3.63, 3.8) is 0 Å². The number of carboxylic acids is 1. The monoisotopic (exact) mass is 698 g/mol. The van der Waals surface area contributed by atoms with E-state index < -0.39 is 65.3 Å². The smallest absolute Gasteiger partial charge is 0.411 e. The van der Waals surface area contributed by atoms with Crippen molar-refractivity contribution in [2.24, 2.45) is 7.05 Å². The Balaban J connectivity index is 1.33. The van der Waals surface area contributed by atoms with Crippen molar-refractivity contribution in [1.29, 1.82) is 0 Å². The predicted octanol–water partition coefficient (Wildman–Crippen LogP) is 3.41. The number of nitrogens with one attached hydrogen (secondary N) is 1. The number of aromatic nitrogens is 4. The number of halogens is 5. The third-order valence-electron chi connectivity index (χ3n) is 8.57. The number of rotatable bonds is 7. The van der Waals surface area contributed by atoms with Crippen molar-refractivity contribution in [2.45, 2.75) is 31.6 Å². The van der Waals surface area contributed by atoms with Crippen molar-refractivity contribution in [3.05, 3.63) is 104 Å². The molecule has 260 valence electrons. The minimum atomic E-state index is -4.66. The minimum Gasteiger partial charge on any atom is -0.480 e. The van der Waals surface area contributed by atoms with Crippen LogP contribution >= 0.6 is 0 Å². The number of anilines is 1. The summed E-state index contributed by atoms with van der Waals surface area (Å²) in [6.07, 6.45) is -2.57. The Morgan fingerprint density at radius 2 is 1.86 bits per heavy atom. The lowest BCUT2D eigenvalue weighted by Gasteiger charge is -2.38. The second-order valence-corrected chi connectivity index (χ2v) is 11.7. The summed E-state index contributed by atoms with van der Waals surface area (Å²) in [5.41, 5.74) is -1.74. The summed E-state index contributed by atoms with van der Waals surface area (Å²) in [7, 11) is 1.38. The molecule has 12 nitrogen and oxygen atoms in total. The molecule has 5 aromatic rings. The molecular weight excluding hydrogens is 671 g/mol. The summed E-state index contributed by atoms with van der Waals surface area (Å²) in [5.74, 6) is -4.67. The standard InChI is InChI=1S/C33H27F5N6O6/c1-16-10-18(43-8-9-50-15-25(43)33(36,37)38)12-21(34)27(16)29(45)41-22(31(47)48)11-17-5-6-23(28-19(17)4-3-7-39-28)44-30(46)20-13-26(35)40-14-24(20)42(2)32(44)49/h3-7,10,12-14,22,25H,8-9,11,15H2,1-2H3,(H,41,45)(H,47,48)/t22-,25+/m0/s1. The van der Waals surface area contributed by atoms with Gasteiger partial charge in [0.1, 0.15) is 17.9 Å². The molecule has 2 aromatic carbocycles. The molecule has 0 bridgehead atoms. The van der Waals surface area contributed by atoms with Crippen LogP contribution in [0, 0.1) is 18.7 Å². The zero-order valence-corrected chi connectivity index (χ0v) is 26.3. The Hall–Kier alpha value is -5.71. The van der Waals surface area contributed by atoms with Crippen molar-refractivity contribution in [2.75, 3.05) is 24.7 Å². The van der Waals surface area contributed by atoms with Crippen molar-refractivity contribution in [3.8, 4) is 5.69 Å². The van der Waals surface area contributed by atoms with Crippen LogP contribution < -0.4 is 21.5 Å². The first kappa shape index (κ1) is 34.2. The van der Waals surface area contributed by atoms with E-state index in [9.17, 15) is 41.8 Å². The largest absolute Gasteiger partial charge is 0.480 e. The molecule has 1 aliphatic rings. The number of pyridine rings is 2. The van der Waals surface area contributed by atoms with E-state index in [0.29, 0.717) is 10.9 Å². The molecule has 6 rings (SSSR count). The summed E-state index contributed by atoms with van der Waals surface area (Å²) in [4.78, 5) is 61.2. The van der Waals surface area contributed by atoms with Gasteiger partial charge in [0, 0.05) is 43.4 Å². The number of morpholine rings is 1. The highest BCUT2D eigenvalue weighted by Gasteiger charge is 2.45. The number of aryl methyl sites for hydroxylation is 2. The van der Waals surface area contributed by atoms with Gasteiger partial charge < -0.3 is 20.1 Å². The highest BCUT2D eigenvalue weighted by atomic mass is 19.4. The normalized spacial score (nSPS) is 15.7. The Labute approximate surface area is 278 Å². The van der Waals surface area contributed by atoms with Gasteiger partial charge in [0.05, 0.1) is 47.1 Å². The van der Waals surface area contributed by atoms with Crippen LogP contribution in [0.15, 0.2) is 64.4 Å². The summed E-state index contributed by atoms with van der Waals surface area (Å²) in [6, 6.07) is 5.15. The Morgan fingerprint density at radius 1 is 1.10 bits per heavy atom. The van der Waals surface area contributed by atoms with Gasteiger partial charge in [-0.05, 0) is 42.3 Å². The van der Waals surface area contributed by atoms with Crippen LogP contribution in [0.25, 0.3) is 27.5 Å². The van der Waals surface area contributed by atoms with Crippen molar-refractivity contribution >= 4 is 39.4 Å². The first-order chi connectivity index (χ1) is 23.7. The fourth-order valence-electron chi connectivity index (χ4n) is 6.12. The lowest BCUT2D eigenvalue weighted by atomic mass is 9.99. The van der Waals surface area contributed by atoms with Gasteiger partial charge in [-0.15, -0.1) is 0 Å². The number of ether oxygens (including phenoxy) is 1. The zero-order valence-electron chi connectivity index (χ0n) is 26.3. The molecule has 1 amide bonds. The number of aliphatic carboxylic acids is 1. The second-order valence-electron chi connectivity index (χ2n) is 11.7. The number of hydrogen-bond acceptors (Lipinski definition) is 8. The second kappa shape index (κ2) is 13.0. The molecule has 1 saturated heterocycles. The van der Waals surface area contributed by atoms with E-state index in [1.807, 2.05) is 0 Å². The van der Waals surface area contributed by atoms with Gasteiger partial charge in [-0.25, -0.2) is 23.5 Å². The van der Waals surface area contributed by atoms with Gasteiger partial charge in [-0.1, -0.05) is 12.1 Å². The molecular formula is C33H27F5N6O6. The molecule has 0 spiro atoms. The number of carbonyl (C=O) groups is 2. The number of alkyl halides is 3. The van der Waals surface area contributed by atoms with Crippen molar-refractivity contribution in [1.82, 2.24) is 24.4 Å². The van der Waals surface area contributed by atoms with Crippen LogP contribution in [0.3, 0.4) is 0 Å². The van der Waals surface area contributed by atoms with Gasteiger partial charge in [-0.3, -0.25) is 19.1 Å². The number of hydrogen-bond donors (Lipinski definition) is 2. The third kappa shape index (κ3) is 6.15. The molecule has 0 unspecified atom stereocenters. The Kier molecular flexibility index (Phi) is 8.86. The van der Waals surface area contributed by atoms with Gasteiger partial charge >= 0.3 is 17.8 Å². The first-order valence-corrected chi connectivity index (χ1v) is 15.1. The van der Waals surface area contributed by atoms with E-state index in [-0.39, 0.29) is 52.9 Å². The average Bonchev–Trinajstić information content (AvgIpc) is 3.07. The molecule has 2 N–H and O–H groups in total. The molecule has 50 heavy (non-hydrogen) atoms. The number of fused-ring (bicyclic) bond motifs is 2. The fourth-order valence-corrected chi connectivity index (χ4v) is 6.12. The summed E-state index contributed by atoms with van der Waals surface area (Å²) < 4.78 is 77.1. The highest BCUT2D eigenvalue weighted by molar-refractivity contribution is 5.99. The topological polar surface area (TPSA) is 149 Å². The minimum absolute atomic E-state index is 0.0195. The van der Waals surface area contributed by atoms with Crippen LogP contribution in [0.5, 0.6) is 0 Å². The molecule has 17 heteroatoms. The first-order valence-electron chi connectivity index (χ1n) is 15.1. The average molecular weight is 699 g/mol. The SMILES string of the molecule is Cc1cc(N2CCOC[C@@H]2C(F)(F)F)cc(F)c1C(=O)N[C@@H](Cc1ccc(-n2c(=O)c3cc(F)ncc3n(C)c2=O)c2ncccc12)C(=O)O. The van der Waals surface area contributed by atoms with E-state index in [1.165, 1.54) is 44.4 Å². The summed E-state index contributed by atoms with van der Waals surface area (Å²) in [6.45, 7) is 0.485.